The zero-order valence-electron chi connectivity index (χ0n) is 11.2. The van der Waals surface area contributed by atoms with Crippen LogP contribution in [-0.4, -0.2) is 42.4 Å². The molecule has 4 heteroatoms. The molecule has 0 spiro atoms. The van der Waals surface area contributed by atoms with E-state index in [0.717, 1.165) is 32.3 Å². The number of likely N-dealkylation sites (tertiary alicyclic amines) is 1. The van der Waals surface area contributed by atoms with Gasteiger partial charge in [0.15, 0.2) is 0 Å². The van der Waals surface area contributed by atoms with Gasteiger partial charge in [-0.25, -0.2) is 0 Å². The van der Waals surface area contributed by atoms with E-state index in [0.29, 0.717) is 31.7 Å². The van der Waals surface area contributed by atoms with E-state index in [1.165, 1.54) is 0 Å². The number of hydrogen-bond donors (Lipinski definition) is 0. The molecule has 2 rings (SSSR count). The maximum atomic E-state index is 12.2. The van der Waals surface area contributed by atoms with Crippen molar-refractivity contribution in [1.82, 2.24) is 4.90 Å². The molecular weight excluding hydrogens is 230 g/mol. The summed E-state index contributed by atoms with van der Waals surface area (Å²) in [5, 5.41) is 0. The topological polar surface area (TPSA) is 46.6 Å². The van der Waals surface area contributed by atoms with E-state index in [2.05, 4.69) is 0 Å². The Balaban J connectivity index is 1.83. The molecule has 0 aliphatic carbocycles. The van der Waals surface area contributed by atoms with Crippen LogP contribution in [0, 0.1) is 5.92 Å². The van der Waals surface area contributed by atoms with Crippen molar-refractivity contribution in [3.8, 4) is 0 Å². The Hall–Kier alpha value is -0.900. The van der Waals surface area contributed by atoms with E-state index in [9.17, 15) is 9.59 Å². The molecule has 0 radical (unpaired) electrons. The summed E-state index contributed by atoms with van der Waals surface area (Å²) in [4.78, 5) is 25.6. The number of amides is 1. The summed E-state index contributed by atoms with van der Waals surface area (Å²) in [5.41, 5.74) is 0. The normalized spacial score (nSPS) is 29.4. The van der Waals surface area contributed by atoms with E-state index in [1.807, 2.05) is 11.8 Å². The standard InChI is InChI=1S/C14H23NO3/c1-2-11-10-15(7-6-13(11)16)14(17)9-12-5-3-4-8-18-12/h11-12H,2-10H2,1H3. The van der Waals surface area contributed by atoms with Gasteiger partial charge in [0.2, 0.25) is 5.91 Å². The third-order valence-electron chi connectivity index (χ3n) is 4.05. The zero-order chi connectivity index (χ0) is 13.0. The van der Waals surface area contributed by atoms with Gasteiger partial charge in [-0.05, 0) is 25.7 Å². The molecule has 0 aromatic heterocycles. The van der Waals surface area contributed by atoms with Crippen LogP contribution in [0.3, 0.4) is 0 Å². The minimum Gasteiger partial charge on any atom is -0.378 e. The second-order valence-corrected chi connectivity index (χ2v) is 5.35. The first-order valence-corrected chi connectivity index (χ1v) is 7.12. The Morgan fingerprint density at radius 2 is 2.28 bits per heavy atom. The van der Waals surface area contributed by atoms with Crippen LogP contribution < -0.4 is 0 Å². The fraction of sp³-hybridized carbons (Fsp3) is 0.857. The van der Waals surface area contributed by atoms with Crippen molar-refractivity contribution in [2.45, 2.75) is 51.6 Å². The molecule has 0 bridgehead atoms. The number of hydrogen-bond acceptors (Lipinski definition) is 3. The Labute approximate surface area is 109 Å². The van der Waals surface area contributed by atoms with E-state index >= 15 is 0 Å². The van der Waals surface area contributed by atoms with Gasteiger partial charge in [-0.15, -0.1) is 0 Å². The molecule has 2 aliphatic heterocycles. The molecule has 2 fully saturated rings. The van der Waals surface area contributed by atoms with Gasteiger partial charge < -0.3 is 9.64 Å². The summed E-state index contributed by atoms with van der Waals surface area (Å²) >= 11 is 0. The number of ketones is 1. The molecule has 2 aliphatic rings. The lowest BCUT2D eigenvalue weighted by molar-refractivity contribution is -0.140. The Bertz CT molecular complexity index is 310. The summed E-state index contributed by atoms with van der Waals surface area (Å²) in [6.07, 6.45) is 5.22. The minimum absolute atomic E-state index is 0.0509. The van der Waals surface area contributed by atoms with Crippen molar-refractivity contribution in [2.24, 2.45) is 5.92 Å². The van der Waals surface area contributed by atoms with Crippen molar-refractivity contribution in [2.75, 3.05) is 19.7 Å². The zero-order valence-corrected chi connectivity index (χ0v) is 11.2. The van der Waals surface area contributed by atoms with Gasteiger partial charge in [-0.1, -0.05) is 6.92 Å². The van der Waals surface area contributed by atoms with Crippen LogP contribution in [0.5, 0.6) is 0 Å². The largest absolute Gasteiger partial charge is 0.378 e. The van der Waals surface area contributed by atoms with Crippen LogP contribution in [0.2, 0.25) is 0 Å². The van der Waals surface area contributed by atoms with Crippen molar-refractivity contribution >= 4 is 11.7 Å². The molecule has 102 valence electrons. The number of ether oxygens (including phenoxy) is 1. The highest BCUT2D eigenvalue weighted by atomic mass is 16.5. The highest BCUT2D eigenvalue weighted by Gasteiger charge is 2.29. The summed E-state index contributed by atoms with van der Waals surface area (Å²) in [6, 6.07) is 0. The van der Waals surface area contributed by atoms with Crippen LogP contribution in [0.15, 0.2) is 0 Å². The molecule has 0 N–H and O–H groups in total. The maximum absolute atomic E-state index is 12.2. The predicted octanol–water partition coefficient (Wildman–Crippen LogP) is 1.77. The number of rotatable bonds is 3. The first-order chi connectivity index (χ1) is 8.70. The van der Waals surface area contributed by atoms with Crippen LogP contribution >= 0.6 is 0 Å². The second kappa shape index (κ2) is 6.32. The van der Waals surface area contributed by atoms with Crippen LogP contribution in [0.25, 0.3) is 0 Å². The van der Waals surface area contributed by atoms with Gasteiger partial charge in [-0.2, -0.15) is 0 Å². The molecular formula is C14H23NO3. The first kappa shape index (κ1) is 13.5. The summed E-state index contributed by atoms with van der Waals surface area (Å²) in [5.74, 6) is 0.526. The summed E-state index contributed by atoms with van der Waals surface area (Å²) in [6.45, 7) is 4.01. The molecule has 2 atom stereocenters. The van der Waals surface area contributed by atoms with Gasteiger partial charge >= 0.3 is 0 Å². The van der Waals surface area contributed by atoms with Crippen molar-refractivity contribution in [1.29, 1.82) is 0 Å². The molecule has 2 saturated heterocycles. The summed E-state index contributed by atoms with van der Waals surface area (Å²) < 4.78 is 5.60. The molecule has 1 amide bonds. The maximum Gasteiger partial charge on any atom is 0.225 e. The fourth-order valence-corrected chi connectivity index (χ4v) is 2.78. The van der Waals surface area contributed by atoms with Crippen molar-refractivity contribution in [3.63, 3.8) is 0 Å². The quantitative estimate of drug-likeness (QED) is 0.770. The third-order valence-corrected chi connectivity index (χ3v) is 4.05. The molecule has 0 saturated carbocycles. The first-order valence-electron chi connectivity index (χ1n) is 7.12. The average Bonchev–Trinajstić information content (AvgIpc) is 2.40. The number of carbonyl (C=O) groups is 2. The van der Waals surface area contributed by atoms with Gasteiger partial charge in [0.1, 0.15) is 5.78 Å². The second-order valence-electron chi connectivity index (χ2n) is 5.35. The molecule has 18 heavy (non-hydrogen) atoms. The van der Waals surface area contributed by atoms with E-state index in [1.54, 1.807) is 0 Å². The number of carbonyl (C=O) groups excluding carboxylic acids is 2. The molecule has 2 unspecified atom stereocenters. The van der Waals surface area contributed by atoms with Crippen molar-refractivity contribution in [3.05, 3.63) is 0 Å². The number of piperidine rings is 1. The Kier molecular flexibility index (Phi) is 4.75. The van der Waals surface area contributed by atoms with Crippen molar-refractivity contribution < 1.29 is 14.3 Å². The van der Waals surface area contributed by atoms with Crippen LogP contribution in [0.1, 0.15) is 45.4 Å². The lowest BCUT2D eigenvalue weighted by Crippen LogP contribution is -2.45. The lowest BCUT2D eigenvalue weighted by Gasteiger charge is -2.33. The number of Topliss-reactive ketones (excluding diaryl/α,β-unsaturated/α-hetero) is 1. The SMILES string of the molecule is CCC1CN(C(=O)CC2CCCCO2)CCC1=O. The van der Waals surface area contributed by atoms with Crippen LogP contribution in [-0.2, 0) is 14.3 Å². The molecule has 4 nitrogen and oxygen atoms in total. The molecule has 0 aromatic rings. The Morgan fingerprint density at radius 3 is 2.94 bits per heavy atom. The van der Waals surface area contributed by atoms with Gasteiger partial charge in [0.05, 0.1) is 12.5 Å². The highest BCUT2D eigenvalue weighted by Crippen LogP contribution is 2.20. The molecule has 0 aromatic carbocycles. The van der Waals surface area contributed by atoms with E-state index in [-0.39, 0.29) is 17.9 Å². The summed E-state index contributed by atoms with van der Waals surface area (Å²) in [7, 11) is 0. The van der Waals surface area contributed by atoms with E-state index < -0.39 is 0 Å². The monoisotopic (exact) mass is 253 g/mol. The number of nitrogens with zero attached hydrogens (tertiary/aromatic N) is 1. The average molecular weight is 253 g/mol. The highest BCUT2D eigenvalue weighted by molar-refractivity contribution is 5.85. The minimum atomic E-state index is 0.0509. The van der Waals surface area contributed by atoms with Gasteiger partial charge in [-0.3, -0.25) is 9.59 Å². The van der Waals surface area contributed by atoms with Gasteiger partial charge in [0.25, 0.3) is 0 Å². The lowest BCUT2D eigenvalue weighted by atomic mass is 9.93. The van der Waals surface area contributed by atoms with E-state index in [4.69, 9.17) is 4.74 Å². The van der Waals surface area contributed by atoms with Crippen LogP contribution in [0.4, 0.5) is 0 Å². The third kappa shape index (κ3) is 3.31. The fourth-order valence-electron chi connectivity index (χ4n) is 2.78. The Morgan fingerprint density at radius 1 is 1.44 bits per heavy atom. The van der Waals surface area contributed by atoms with Gasteiger partial charge in [0, 0.05) is 32.0 Å². The molecule has 2 heterocycles. The predicted molar refractivity (Wildman–Crippen MR) is 68.2 cm³/mol. The smallest absolute Gasteiger partial charge is 0.225 e.